The molecule has 104 valence electrons. The van der Waals surface area contributed by atoms with E-state index in [-0.39, 0.29) is 11.9 Å². The molecule has 6 heteroatoms. The molecule has 1 aliphatic rings. The third kappa shape index (κ3) is 2.80. The van der Waals surface area contributed by atoms with Gasteiger partial charge in [-0.05, 0) is 29.8 Å². The minimum absolute atomic E-state index is 0.101. The van der Waals surface area contributed by atoms with Crippen LogP contribution in [0, 0.1) is 5.82 Å². The number of thiophene rings is 1. The fourth-order valence-electron chi connectivity index (χ4n) is 2.12. The van der Waals surface area contributed by atoms with Gasteiger partial charge in [0.25, 0.3) is 0 Å². The van der Waals surface area contributed by atoms with Gasteiger partial charge in [-0.3, -0.25) is 0 Å². The molecule has 1 aliphatic heterocycles. The van der Waals surface area contributed by atoms with E-state index >= 15 is 0 Å². The van der Waals surface area contributed by atoms with Crippen molar-refractivity contribution >= 4 is 22.9 Å². The lowest BCUT2D eigenvalue weighted by Gasteiger charge is -2.21. The highest BCUT2D eigenvalue weighted by molar-refractivity contribution is 7.16. The Morgan fingerprint density at radius 1 is 1.35 bits per heavy atom. The van der Waals surface area contributed by atoms with Gasteiger partial charge in [-0.2, -0.15) is 0 Å². The van der Waals surface area contributed by atoms with E-state index in [1.165, 1.54) is 23.5 Å². The molecule has 0 saturated carbocycles. The summed E-state index contributed by atoms with van der Waals surface area (Å²) in [5.74, 6) is 0.0780. The molecule has 2 heterocycles. The summed E-state index contributed by atoms with van der Waals surface area (Å²) in [4.78, 5) is 6.53. The zero-order valence-electron chi connectivity index (χ0n) is 10.4. The van der Waals surface area contributed by atoms with E-state index in [1.807, 2.05) is 24.3 Å². The first-order valence-electron chi connectivity index (χ1n) is 6.03. The van der Waals surface area contributed by atoms with Crippen LogP contribution in [0.1, 0.15) is 16.5 Å². The second-order valence-corrected chi connectivity index (χ2v) is 6.20. The van der Waals surface area contributed by atoms with Crippen LogP contribution in [0.25, 0.3) is 0 Å². The van der Waals surface area contributed by atoms with Gasteiger partial charge in [-0.1, -0.05) is 23.7 Å². The first-order valence-corrected chi connectivity index (χ1v) is 7.23. The molecule has 0 fully saturated rings. The van der Waals surface area contributed by atoms with E-state index < -0.39 is 0 Å². The number of halogens is 2. The third-order valence-electron chi connectivity index (χ3n) is 2.97. The van der Waals surface area contributed by atoms with E-state index in [2.05, 4.69) is 0 Å². The average Bonchev–Trinajstić information content (AvgIpc) is 2.96. The molecule has 1 atom stereocenters. The van der Waals surface area contributed by atoms with Gasteiger partial charge in [0, 0.05) is 11.0 Å². The Morgan fingerprint density at radius 3 is 2.90 bits per heavy atom. The Labute approximate surface area is 125 Å². The molecule has 1 unspecified atom stereocenters. The maximum atomic E-state index is 13.2. The van der Waals surface area contributed by atoms with Gasteiger partial charge in [0.05, 0.1) is 10.9 Å². The quantitative estimate of drug-likeness (QED) is 0.936. The molecule has 1 aromatic carbocycles. The second kappa shape index (κ2) is 5.44. The van der Waals surface area contributed by atoms with Gasteiger partial charge in [0.1, 0.15) is 11.9 Å². The lowest BCUT2D eigenvalue weighted by molar-refractivity contribution is -0.127. The predicted octanol–water partition coefficient (Wildman–Crippen LogP) is 3.83. The van der Waals surface area contributed by atoms with Crippen molar-refractivity contribution in [1.82, 2.24) is 5.06 Å². The van der Waals surface area contributed by atoms with Crippen molar-refractivity contribution in [3.8, 4) is 0 Å². The Bertz CT molecular complexity index is 658. The Balaban J connectivity index is 1.82. The summed E-state index contributed by atoms with van der Waals surface area (Å²) in [6.07, 6.45) is 1.82. The van der Waals surface area contributed by atoms with E-state index in [0.29, 0.717) is 16.8 Å². The van der Waals surface area contributed by atoms with Crippen LogP contribution in [0.5, 0.6) is 0 Å². The third-order valence-corrected chi connectivity index (χ3v) is 4.27. The first-order chi connectivity index (χ1) is 9.61. The first kappa shape index (κ1) is 13.4. The zero-order valence-corrected chi connectivity index (χ0v) is 12.0. The summed E-state index contributed by atoms with van der Waals surface area (Å²) in [7, 11) is 0. The summed E-state index contributed by atoms with van der Waals surface area (Å²) in [6, 6.07) is 10.1. The molecule has 3 rings (SSSR count). The molecule has 0 bridgehead atoms. The van der Waals surface area contributed by atoms with Crippen molar-refractivity contribution in [3.05, 3.63) is 69.0 Å². The highest BCUT2D eigenvalue weighted by Gasteiger charge is 2.28. The molecular weight excluding hydrogens is 299 g/mol. The topological polar surface area (TPSA) is 38.5 Å². The Kier molecular flexibility index (Phi) is 3.65. The molecule has 0 saturated heterocycles. The summed E-state index contributed by atoms with van der Waals surface area (Å²) < 4.78 is 13.9. The van der Waals surface area contributed by atoms with Gasteiger partial charge < -0.3 is 10.6 Å². The summed E-state index contributed by atoms with van der Waals surface area (Å²) in [6.45, 7) is 0.440. The fourth-order valence-corrected chi connectivity index (χ4v) is 3.25. The molecule has 1 aromatic heterocycles. The lowest BCUT2D eigenvalue weighted by atomic mass is 10.2. The fraction of sp³-hybridized carbons (Fsp3) is 0.143. The summed E-state index contributed by atoms with van der Waals surface area (Å²) in [5.41, 5.74) is 6.56. The SMILES string of the molecule is NC1=CC(c2ccc(Cl)s2)N(Cc2cccc(F)c2)O1. The van der Waals surface area contributed by atoms with Gasteiger partial charge in [-0.15, -0.1) is 16.4 Å². The van der Waals surface area contributed by atoms with Crippen LogP contribution < -0.4 is 5.73 Å². The van der Waals surface area contributed by atoms with Crippen LogP contribution in [0.2, 0.25) is 4.34 Å². The van der Waals surface area contributed by atoms with Crippen molar-refractivity contribution in [3.63, 3.8) is 0 Å². The van der Waals surface area contributed by atoms with Crippen LogP contribution in [0.4, 0.5) is 4.39 Å². The van der Waals surface area contributed by atoms with Crippen molar-refractivity contribution in [2.24, 2.45) is 5.73 Å². The summed E-state index contributed by atoms with van der Waals surface area (Å²) in [5, 5.41) is 1.71. The standard InChI is InChI=1S/C14H12ClFN2OS/c15-13-5-4-12(20-13)11-7-14(17)19-18(11)8-9-2-1-3-10(16)6-9/h1-7,11H,8,17H2. The van der Waals surface area contributed by atoms with Crippen molar-refractivity contribution in [2.45, 2.75) is 12.6 Å². The molecule has 0 radical (unpaired) electrons. The van der Waals surface area contributed by atoms with Crippen molar-refractivity contribution < 1.29 is 9.23 Å². The Hall–Kier alpha value is -1.56. The van der Waals surface area contributed by atoms with Crippen LogP contribution >= 0.6 is 22.9 Å². The number of nitrogens with zero attached hydrogens (tertiary/aromatic N) is 1. The summed E-state index contributed by atoms with van der Waals surface area (Å²) >= 11 is 7.44. The maximum Gasteiger partial charge on any atom is 0.207 e. The van der Waals surface area contributed by atoms with E-state index in [0.717, 1.165) is 10.4 Å². The van der Waals surface area contributed by atoms with Crippen LogP contribution in [-0.4, -0.2) is 5.06 Å². The molecule has 2 N–H and O–H groups in total. The largest absolute Gasteiger partial charge is 0.387 e. The maximum absolute atomic E-state index is 13.2. The number of benzene rings is 1. The highest BCUT2D eigenvalue weighted by atomic mass is 35.5. The van der Waals surface area contributed by atoms with Gasteiger partial charge in [0.2, 0.25) is 5.88 Å². The van der Waals surface area contributed by atoms with Crippen molar-refractivity contribution in [2.75, 3.05) is 0 Å². The van der Waals surface area contributed by atoms with Gasteiger partial charge in [0.15, 0.2) is 0 Å². The number of hydrogen-bond acceptors (Lipinski definition) is 4. The zero-order chi connectivity index (χ0) is 14.1. The monoisotopic (exact) mass is 310 g/mol. The van der Waals surface area contributed by atoms with Crippen LogP contribution in [-0.2, 0) is 11.4 Å². The molecule has 0 spiro atoms. The van der Waals surface area contributed by atoms with E-state index in [1.54, 1.807) is 11.1 Å². The average molecular weight is 311 g/mol. The number of rotatable bonds is 3. The van der Waals surface area contributed by atoms with Crippen molar-refractivity contribution in [1.29, 1.82) is 0 Å². The van der Waals surface area contributed by atoms with E-state index in [9.17, 15) is 4.39 Å². The number of nitrogens with two attached hydrogens (primary N) is 1. The van der Waals surface area contributed by atoms with Crippen LogP contribution in [0.15, 0.2) is 48.4 Å². The highest BCUT2D eigenvalue weighted by Crippen LogP contribution is 2.36. The molecule has 0 aliphatic carbocycles. The van der Waals surface area contributed by atoms with Crippen LogP contribution in [0.3, 0.4) is 0 Å². The minimum atomic E-state index is -0.265. The number of hydroxylamine groups is 2. The lowest BCUT2D eigenvalue weighted by Crippen LogP contribution is -2.22. The number of hydrogen-bond donors (Lipinski definition) is 1. The van der Waals surface area contributed by atoms with Gasteiger partial charge in [-0.25, -0.2) is 4.39 Å². The molecule has 3 nitrogen and oxygen atoms in total. The minimum Gasteiger partial charge on any atom is -0.387 e. The second-order valence-electron chi connectivity index (χ2n) is 4.45. The van der Waals surface area contributed by atoms with E-state index in [4.69, 9.17) is 22.2 Å². The van der Waals surface area contributed by atoms with Gasteiger partial charge >= 0.3 is 0 Å². The molecular formula is C14H12ClFN2OS. The molecule has 2 aromatic rings. The molecule has 0 amide bonds. The predicted molar refractivity (Wildman–Crippen MR) is 77.4 cm³/mol. The Morgan fingerprint density at radius 2 is 2.20 bits per heavy atom. The normalized spacial score (nSPS) is 18.9. The smallest absolute Gasteiger partial charge is 0.207 e. The molecule has 20 heavy (non-hydrogen) atoms.